The number of carbonyl (C=O) groups is 1. The Labute approximate surface area is 200 Å². The van der Waals surface area contributed by atoms with Crippen molar-refractivity contribution in [1.29, 1.82) is 0 Å². The van der Waals surface area contributed by atoms with Gasteiger partial charge in [-0.3, -0.25) is 4.79 Å². The molecule has 6 heteroatoms. The van der Waals surface area contributed by atoms with E-state index in [0.717, 1.165) is 38.8 Å². The van der Waals surface area contributed by atoms with Crippen LogP contribution in [0.1, 0.15) is 71.3 Å². The van der Waals surface area contributed by atoms with Gasteiger partial charge in [0.15, 0.2) is 0 Å². The number of nitrogens with one attached hydrogen (secondary N) is 1. The lowest BCUT2D eigenvalue weighted by atomic mass is 9.65. The third-order valence-electron chi connectivity index (χ3n) is 7.72. The standard InChI is InChI=1S/C25H39N3O.2ClH/c1-25(2,3)20-7-9-22(10-8-20)28-13-11-21(12-14-28)27-24(29)19-15-17-5-4-6-18(16-19)23(17)26;;/h7-10,17-19,21,23H,4-6,11-16,26H2,1-3H3,(H,27,29);2*1H. The highest BCUT2D eigenvalue weighted by Crippen LogP contribution is 2.42. The van der Waals surface area contributed by atoms with E-state index in [4.69, 9.17) is 5.73 Å². The van der Waals surface area contributed by atoms with Crippen LogP contribution in [-0.4, -0.2) is 31.1 Å². The number of amides is 1. The van der Waals surface area contributed by atoms with E-state index in [1.54, 1.807) is 0 Å². The monoisotopic (exact) mass is 469 g/mol. The Kier molecular flexibility index (Phi) is 9.13. The van der Waals surface area contributed by atoms with Crippen molar-refractivity contribution in [2.75, 3.05) is 18.0 Å². The fraction of sp³-hybridized carbons (Fsp3) is 0.720. The summed E-state index contributed by atoms with van der Waals surface area (Å²) in [5.41, 5.74) is 9.27. The number of hydrogen-bond donors (Lipinski definition) is 2. The van der Waals surface area contributed by atoms with E-state index in [0.29, 0.717) is 29.8 Å². The summed E-state index contributed by atoms with van der Waals surface area (Å²) in [6, 6.07) is 9.68. The molecule has 2 saturated carbocycles. The molecule has 0 spiro atoms. The number of benzene rings is 1. The van der Waals surface area contributed by atoms with Crippen LogP contribution in [-0.2, 0) is 10.2 Å². The van der Waals surface area contributed by atoms with Crippen molar-refractivity contribution in [2.24, 2.45) is 23.5 Å². The van der Waals surface area contributed by atoms with Crippen molar-refractivity contribution in [3.8, 4) is 0 Å². The van der Waals surface area contributed by atoms with Gasteiger partial charge in [-0.1, -0.05) is 39.3 Å². The molecular weight excluding hydrogens is 429 g/mol. The molecule has 2 unspecified atom stereocenters. The lowest BCUT2D eigenvalue weighted by Crippen LogP contribution is -2.51. The molecule has 1 saturated heterocycles. The van der Waals surface area contributed by atoms with Crippen LogP contribution in [0.15, 0.2) is 24.3 Å². The quantitative estimate of drug-likeness (QED) is 0.649. The Balaban J connectivity index is 0.00000171. The lowest BCUT2D eigenvalue weighted by Gasteiger charge is -2.44. The molecule has 4 rings (SSSR count). The molecule has 176 valence electrons. The van der Waals surface area contributed by atoms with Gasteiger partial charge in [-0.25, -0.2) is 0 Å². The largest absolute Gasteiger partial charge is 0.371 e. The smallest absolute Gasteiger partial charge is 0.223 e. The average Bonchev–Trinajstić information content (AvgIpc) is 2.68. The fourth-order valence-corrected chi connectivity index (χ4v) is 5.78. The van der Waals surface area contributed by atoms with Crippen LogP contribution < -0.4 is 16.0 Å². The molecule has 2 aliphatic carbocycles. The number of hydrogen-bond acceptors (Lipinski definition) is 3. The zero-order valence-corrected chi connectivity index (χ0v) is 20.9. The first-order chi connectivity index (χ1) is 13.8. The van der Waals surface area contributed by atoms with Crippen LogP contribution in [0.5, 0.6) is 0 Å². The number of anilines is 1. The van der Waals surface area contributed by atoms with Crippen molar-refractivity contribution in [3.63, 3.8) is 0 Å². The van der Waals surface area contributed by atoms with E-state index >= 15 is 0 Å². The summed E-state index contributed by atoms with van der Waals surface area (Å²) in [5, 5.41) is 3.39. The molecule has 2 atom stereocenters. The molecule has 1 aliphatic heterocycles. The Morgan fingerprint density at radius 3 is 2.03 bits per heavy atom. The molecule has 0 aromatic heterocycles. The third kappa shape index (κ3) is 6.09. The van der Waals surface area contributed by atoms with E-state index in [2.05, 4.69) is 55.3 Å². The predicted octanol–water partition coefficient (Wildman–Crippen LogP) is 5.07. The van der Waals surface area contributed by atoms with Crippen LogP contribution in [0.4, 0.5) is 5.69 Å². The molecule has 4 nitrogen and oxygen atoms in total. The molecule has 1 aromatic rings. The van der Waals surface area contributed by atoms with Crippen LogP contribution in [0.3, 0.4) is 0 Å². The minimum atomic E-state index is 0. The second-order valence-corrected chi connectivity index (χ2v) is 10.8. The topological polar surface area (TPSA) is 58.4 Å². The van der Waals surface area contributed by atoms with Gasteiger partial charge in [0.05, 0.1) is 0 Å². The van der Waals surface area contributed by atoms with E-state index in [-0.39, 0.29) is 36.1 Å². The molecule has 1 amide bonds. The van der Waals surface area contributed by atoms with Gasteiger partial charge in [-0.2, -0.15) is 0 Å². The number of fused-ring (bicyclic) bond motifs is 2. The Morgan fingerprint density at radius 2 is 1.52 bits per heavy atom. The average molecular weight is 471 g/mol. The number of rotatable bonds is 3. The van der Waals surface area contributed by atoms with E-state index in [1.807, 2.05) is 0 Å². The van der Waals surface area contributed by atoms with Crippen molar-refractivity contribution in [1.82, 2.24) is 5.32 Å². The number of halogens is 2. The SMILES string of the molecule is CC(C)(C)c1ccc(N2CCC(NC(=O)C3CC4CCCC(C3)C4N)CC2)cc1.Cl.Cl. The van der Waals surface area contributed by atoms with E-state index in [9.17, 15) is 4.79 Å². The number of piperidine rings is 1. The first kappa shape index (κ1) is 26.3. The van der Waals surface area contributed by atoms with Gasteiger partial charge in [-0.15, -0.1) is 24.8 Å². The first-order valence-corrected chi connectivity index (χ1v) is 11.7. The van der Waals surface area contributed by atoms with Crippen molar-refractivity contribution < 1.29 is 4.79 Å². The summed E-state index contributed by atoms with van der Waals surface area (Å²) < 4.78 is 0. The fourth-order valence-electron chi connectivity index (χ4n) is 5.78. The minimum absolute atomic E-state index is 0. The maximum absolute atomic E-state index is 12.9. The van der Waals surface area contributed by atoms with E-state index < -0.39 is 0 Å². The Hall–Kier alpha value is -0.970. The highest BCUT2D eigenvalue weighted by Gasteiger charge is 2.40. The van der Waals surface area contributed by atoms with Gasteiger partial charge in [-0.05, 0) is 73.5 Å². The Morgan fingerprint density at radius 1 is 0.968 bits per heavy atom. The molecule has 31 heavy (non-hydrogen) atoms. The second kappa shape index (κ2) is 10.8. The van der Waals surface area contributed by atoms with Crippen molar-refractivity contribution in [3.05, 3.63) is 29.8 Å². The molecule has 0 radical (unpaired) electrons. The molecule has 1 aromatic carbocycles. The molecule has 1 heterocycles. The van der Waals surface area contributed by atoms with E-state index in [1.165, 1.54) is 30.5 Å². The minimum Gasteiger partial charge on any atom is -0.371 e. The summed E-state index contributed by atoms with van der Waals surface area (Å²) in [7, 11) is 0. The third-order valence-corrected chi connectivity index (χ3v) is 7.72. The molecule has 2 bridgehead atoms. The summed E-state index contributed by atoms with van der Waals surface area (Å²) in [6.45, 7) is 8.79. The first-order valence-electron chi connectivity index (χ1n) is 11.7. The van der Waals surface area contributed by atoms with Crippen LogP contribution in [0.2, 0.25) is 0 Å². The number of nitrogens with zero attached hydrogens (tertiary/aromatic N) is 1. The maximum atomic E-state index is 12.9. The molecule has 3 fully saturated rings. The Bertz CT molecular complexity index is 696. The van der Waals surface area contributed by atoms with Gasteiger partial charge < -0.3 is 16.0 Å². The summed E-state index contributed by atoms with van der Waals surface area (Å²) in [4.78, 5) is 15.4. The zero-order chi connectivity index (χ0) is 20.6. The normalized spacial score (nSPS) is 28.8. The second-order valence-electron chi connectivity index (χ2n) is 10.8. The van der Waals surface area contributed by atoms with Gasteiger partial charge in [0, 0.05) is 36.8 Å². The summed E-state index contributed by atoms with van der Waals surface area (Å²) in [6.07, 6.45) is 7.80. The molecule has 3 aliphatic rings. The van der Waals surface area contributed by atoms with Crippen LogP contribution in [0, 0.1) is 17.8 Å². The summed E-state index contributed by atoms with van der Waals surface area (Å²) >= 11 is 0. The van der Waals surface area contributed by atoms with Crippen molar-refractivity contribution >= 4 is 36.4 Å². The van der Waals surface area contributed by atoms with Gasteiger partial charge in [0.2, 0.25) is 5.91 Å². The molecule has 3 N–H and O–H groups in total. The van der Waals surface area contributed by atoms with Gasteiger partial charge in [0.25, 0.3) is 0 Å². The predicted molar refractivity (Wildman–Crippen MR) is 135 cm³/mol. The zero-order valence-electron chi connectivity index (χ0n) is 19.3. The van der Waals surface area contributed by atoms with Crippen LogP contribution in [0.25, 0.3) is 0 Å². The number of carbonyl (C=O) groups excluding carboxylic acids is 1. The van der Waals surface area contributed by atoms with Gasteiger partial charge >= 0.3 is 0 Å². The van der Waals surface area contributed by atoms with Crippen LogP contribution >= 0.6 is 24.8 Å². The van der Waals surface area contributed by atoms with Gasteiger partial charge in [0.1, 0.15) is 0 Å². The highest BCUT2D eigenvalue weighted by atomic mass is 35.5. The maximum Gasteiger partial charge on any atom is 0.223 e. The molecular formula is C25H41Cl2N3O. The number of nitrogens with two attached hydrogens (primary N) is 1. The van der Waals surface area contributed by atoms with Crippen molar-refractivity contribution in [2.45, 2.75) is 83.2 Å². The summed E-state index contributed by atoms with van der Waals surface area (Å²) in [5.74, 6) is 1.61. The highest BCUT2D eigenvalue weighted by molar-refractivity contribution is 5.85. The lowest BCUT2D eigenvalue weighted by molar-refractivity contribution is -0.128.